The third-order valence-electron chi connectivity index (χ3n) is 1.24. The van der Waals surface area contributed by atoms with Crippen LogP contribution in [0.5, 0.6) is 0 Å². The van der Waals surface area contributed by atoms with Gasteiger partial charge in [0.1, 0.15) is 4.88 Å². The summed E-state index contributed by atoms with van der Waals surface area (Å²) in [4.78, 5) is 12.2. The van der Waals surface area contributed by atoms with E-state index in [-0.39, 0.29) is 11.9 Å². The molecule has 1 rings (SSSR count). The van der Waals surface area contributed by atoms with E-state index < -0.39 is 0 Å². The lowest BCUT2D eigenvalue weighted by atomic mass is 10.3. The van der Waals surface area contributed by atoms with Gasteiger partial charge in [-0.15, -0.1) is 11.3 Å². The second-order valence-electron chi connectivity index (χ2n) is 2.73. The van der Waals surface area contributed by atoms with E-state index in [9.17, 15) is 4.79 Å². The monoisotopic (exact) mass is 295 g/mol. The quantitative estimate of drug-likeness (QED) is 0.835. The molecular weight excluding hydrogens is 285 g/mol. The van der Waals surface area contributed by atoms with Crippen molar-refractivity contribution in [1.29, 1.82) is 0 Å². The second kappa shape index (κ2) is 4.23. The number of amides is 1. The van der Waals surface area contributed by atoms with E-state index in [1.165, 1.54) is 11.3 Å². The fourth-order valence-electron chi connectivity index (χ4n) is 0.783. The van der Waals surface area contributed by atoms with Gasteiger partial charge in [-0.05, 0) is 47.9 Å². The number of rotatable bonds is 2. The molecular formula is C8H10INOS. The average Bonchev–Trinajstić information content (AvgIpc) is 2.33. The van der Waals surface area contributed by atoms with Gasteiger partial charge in [-0.25, -0.2) is 0 Å². The Balaban J connectivity index is 2.72. The summed E-state index contributed by atoms with van der Waals surface area (Å²) in [5.74, 6) is 0.0319. The maximum atomic E-state index is 11.4. The van der Waals surface area contributed by atoms with Crippen molar-refractivity contribution in [1.82, 2.24) is 5.32 Å². The summed E-state index contributed by atoms with van der Waals surface area (Å²) in [5, 5.41) is 4.78. The molecule has 1 heterocycles. The van der Waals surface area contributed by atoms with E-state index in [0.717, 1.165) is 8.45 Å². The van der Waals surface area contributed by atoms with Gasteiger partial charge in [0, 0.05) is 9.61 Å². The molecule has 0 bridgehead atoms. The van der Waals surface area contributed by atoms with Gasteiger partial charge in [-0.1, -0.05) is 0 Å². The Morgan fingerprint density at radius 1 is 1.67 bits per heavy atom. The Bertz CT molecular complexity index is 282. The Morgan fingerprint density at radius 2 is 2.33 bits per heavy atom. The minimum atomic E-state index is 0.0319. The third kappa shape index (κ3) is 2.45. The lowest BCUT2D eigenvalue weighted by Gasteiger charge is -2.06. The summed E-state index contributed by atoms with van der Waals surface area (Å²) in [7, 11) is 0. The maximum Gasteiger partial charge on any atom is 0.262 e. The number of carbonyl (C=O) groups is 1. The zero-order valence-corrected chi connectivity index (χ0v) is 9.90. The number of hydrogen-bond acceptors (Lipinski definition) is 2. The number of thiophene rings is 1. The van der Waals surface area contributed by atoms with Crippen molar-refractivity contribution in [3.63, 3.8) is 0 Å². The predicted molar refractivity (Wildman–Crippen MR) is 59.6 cm³/mol. The van der Waals surface area contributed by atoms with Gasteiger partial charge in [0.25, 0.3) is 5.91 Å². The maximum absolute atomic E-state index is 11.4. The molecule has 66 valence electrons. The van der Waals surface area contributed by atoms with Crippen molar-refractivity contribution in [3.05, 3.63) is 19.9 Å². The van der Waals surface area contributed by atoms with Crippen LogP contribution in [0.1, 0.15) is 23.5 Å². The molecule has 1 amide bonds. The van der Waals surface area contributed by atoms with Crippen LogP contribution in [0, 0.1) is 3.57 Å². The van der Waals surface area contributed by atoms with Gasteiger partial charge >= 0.3 is 0 Å². The first-order chi connectivity index (χ1) is 5.61. The van der Waals surface area contributed by atoms with Crippen LogP contribution < -0.4 is 5.32 Å². The zero-order valence-electron chi connectivity index (χ0n) is 6.93. The van der Waals surface area contributed by atoms with Gasteiger partial charge in [0.15, 0.2) is 0 Å². The van der Waals surface area contributed by atoms with Crippen LogP contribution in [0.4, 0.5) is 0 Å². The topological polar surface area (TPSA) is 29.1 Å². The van der Waals surface area contributed by atoms with Crippen molar-refractivity contribution >= 4 is 39.8 Å². The molecule has 0 aliphatic rings. The van der Waals surface area contributed by atoms with Crippen LogP contribution >= 0.6 is 33.9 Å². The zero-order chi connectivity index (χ0) is 9.14. The number of carbonyl (C=O) groups excluding carboxylic acids is 1. The molecule has 1 aromatic rings. The van der Waals surface area contributed by atoms with Gasteiger partial charge in [0.05, 0.1) is 0 Å². The van der Waals surface area contributed by atoms with E-state index >= 15 is 0 Å². The lowest BCUT2D eigenvalue weighted by molar-refractivity contribution is 0.0946. The van der Waals surface area contributed by atoms with Crippen LogP contribution in [0.3, 0.4) is 0 Å². The first-order valence-electron chi connectivity index (χ1n) is 3.65. The highest BCUT2D eigenvalue weighted by atomic mass is 127. The third-order valence-corrected chi connectivity index (χ3v) is 3.42. The fraction of sp³-hybridized carbons (Fsp3) is 0.375. The van der Waals surface area contributed by atoms with E-state index in [1.807, 2.05) is 25.3 Å². The van der Waals surface area contributed by atoms with Crippen LogP contribution in [0.15, 0.2) is 11.4 Å². The molecule has 0 atom stereocenters. The normalized spacial score (nSPS) is 10.3. The van der Waals surface area contributed by atoms with Gasteiger partial charge in [-0.2, -0.15) is 0 Å². The Kier molecular flexibility index (Phi) is 3.52. The van der Waals surface area contributed by atoms with Crippen molar-refractivity contribution < 1.29 is 4.79 Å². The summed E-state index contributed by atoms with van der Waals surface area (Å²) >= 11 is 3.65. The standard InChI is InChI=1S/C8H10INOS/c1-5(2)10-8(11)7-6(9)3-4-12-7/h3-5H,1-2H3,(H,10,11). The Hall–Kier alpha value is -0.100. The number of halogens is 1. The fourth-order valence-corrected chi connectivity index (χ4v) is 2.52. The highest BCUT2D eigenvalue weighted by Crippen LogP contribution is 2.18. The van der Waals surface area contributed by atoms with Gasteiger partial charge in [0.2, 0.25) is 0 Å². The number of nitrogens with one attached hydrogen (secondary N) is 1. The summed E-state index contributed by atoms with van der Waals surface area (Å²) in [6.45, 7) is 3.91. The summed E-state index contributed by atoms with van der Waals surface area (Å²) in [5.41, 5.74) is 0. The smallest absolute Gasteiger partial charge is 0.262 e. The highest BCUT2D eigenvalue weighted by Gasteiger charge is 2.11. The summed E-state index contributed by atoms with van der Waals surface area (Å²) < 4.78 is 1.02. The molecule has 0 aliphatic carbocycles. The van der Waals surface area contributed by atoms with Crippen LogP contribution in [-0.4, -0.2) is 11.9 Å². The molecule has 0 radical (unpaired) electrons. The van der Waals surface area contributed by atoms with Crippen LogP contribution in [0.25, 0.3) is 0 Å². The first-order valence-corrected chi connectivity index (χ1v) is 5.61. The minimum Gasteiger partial charge on any atom is -0.349 e. The summed E-state index contributed by atoms with van der Waals surface area (Å²) in [6, 6.07) is 2.15. The Labute approximate surface area is 89.5 Å². The molecule has 0 aromatic carbocycles. The SMILES string of the molecule is CC(C)NC(=O)c1sccc1I. The largest absolute Gasteiger partial charge is 0.349 e. The molecule has 1 N–H and O–H groups in total. The minimum absolute atomic E-state index is 0.0319. The summed E-state index contributed by atoms with van der Waals surface area (Å²) in [6.07, 6.45) is 0. The molecule has 0 saturated carbocycles. The average molecular weight is 295 g/mol. The van der Waals surface area contributed by atoms with Crippen molar-refractivity contribution in [2.45, 2.75) is 19.9 Å². The Morgan fingerprint density at radius 3 is 2.75 bits per heavy atom. The van der Waals surface area contributed by atoms with E-state index in [1.54, 1.807) is 0 Å². The molecule has 0 aliphatic heterocycles. The molecule has 2 nitrogen and oxygen atoms in total. The van der Waals surface area contributed by atoms with Crippen molar-refractivity contribution in [2.75, 3.05) is 0 Å². The molecule has 0 spiro atoms. The lowest BCUT2D eigenvalue weighted by Crippen LogP contribution is -2.29. The van der Waals surface area contributed by atoms with Gasteiger partial charge in [-0.3, -0.25) is 4.79 Å². The van der Waals surface area contributed by atoms with E-state index in [4.69, 9.17) is 0 Å². The van der Waals surface area contributed by atoms with Crippen molar-refractivity contribution in [2.24, 2.45) is 0 Å². The second-order valence-corrected chi connectivity index (χ2v) is 4.80. The van der Waals surface area contributed by atoms with Crippen LogP contribution in [0.2, 0.25) is 0 Å². The van der Waals surface area contributed by atoms with Gasteiger partial charge < -0.3 is 5.32 Å². The molecule has 0 fully saturated rings. The number of hydrogen-bond donors (Lipinski definition) is 1. The highest BCUT2D eigenvalue weighted by molar-refractivity contribution is 14.1. The molecule has 4 heteroatoms. The first kappa shape index (κ1) is 9.98. The van der Waals surface area contributed by atoms with Crippen LogP contribution in [-0.2, 0) is 0 Å². The molecule has 0 unspecified atom stereocenters. The molecule has 12 heavy (non-hydrogen) atoms. The molecule has 1 aromatic heterocycles. The van der Waals surface area contributed by atoms with E-state index in [2.05, 4.69) is 27.9 Å². The predicted octanol–water partition coefficient (Wildman–Crippen LogP) is 2.49. The van der Waals surface area contributed by atoms with Crippen molar-refractivity contribution in [3.8, 4) is 0 Å². The van der Waals surface area contributed by atoms with E-state index in [0.29, 0.717) is 0 Å². The molecule has 0 saturated heterocycles.